The molecule has 0 aliphatic carbocycles. The number of nitrogens with one attached hydrogen (secondary N) is 1. The van der Waals surface area contributed by atoms with E-state index >= 15 is 0 Å². The van der Waals surface area contributed by atoms with Crippen molar-refractivity contribution in [2.75, 3.05) is 11.9 Å². The van der Waals surface area contributed by atoms with E-state index < -0.39 is 18.5 Å². The molecule has 0 aromatic heterocycles. The number of halogens is 1. The van der Waals surface area contributed by atoms with Crippen molar-refractivity contribution in [2.45, 2.75) is 26.7 Å². The van der Waals surface area contributed by atoms with Crippen molar-refractivity contribution in [3.05, 3.63) is 64.2 Å². The van der Waals surface area contributed by atoms with E-state index in [4.69, 9.17) is 16.3 Å². The summed E-state index contributed by atoms with van der Waals surface area (Å²) in [5, 5.41) is 3.15. The second-order valence-corrected chi connectivity index (χ2v) is 6.39. The Balaban J connectivity index is 1.76. The highest BCUT2D eigenvalue weighted by molar-refractivity contribution is 6.30. The molecule has 0 aliphatic heterocycles. The first-order valence-corrected chi connectivity index (χ1v) is 8.54. The average molecular weight is 374 g/mol. The summed E-state index contributed by atoms with van der Waals surface area (Å²) < 4.78 is 4.91. The first-order valence-electron chi connectivity index (χ1n) is 8.16. The summed E-state index contributed by atoms with van der Waals surface area (Å²) in [4.78, 5) is 35.7. The zero-order chi connectivity index (χ0) is 19.1. The van der Waals surface area contributed by atoms with Crippen LogP contribution in [0.1, 0.15) is 34.3 Å². The molecular weight excluding hydrogens is 354 g/mol. The van der Waals surface area contributed by atoms with Crippen LogP contribution in [0.4, 0.5) is 5.69 Å². The fourth-order valence-corrected chi connectivity index (χ4v) is 2.46. The topological polar surface area (TPSA) is 72.5 Å². The normalized spacial score (nSPS) is 10.3. The number of hydrogen-bond donors (Lipinski definition) is 1. The van der Waals surface area contributed by atoms with Crippen LogP contribution in [-0.4, -0.2) is 24.3 Å². The molecule has 0 saturated carbocycles. The molecule has 0 atom stereocenters. The number of aryl methyl sites for hydroxylation is 2. The highest BCUT2D eigenvalue weighted by Crippen LogP contribution is 2.15. The lowest BCUT2D eigenvalue weighted by Crippen LogP contribution is -2.21. The molecule has 136 valence electrons. The lowest BCUT2D eigenvalue weighted by molar-refractivity contribution is -0.147. The maximum atomic E-state index is 12.2. The van der Waals surface area contributed by atoms with Crippen molar-refractivity contribution in [3.8, 4) is 0 Å². The van der Waals surface area contributed by atoms with Crippen LogP contribution in [0.15, 0.2) is 42.5 Å². The first-order chi connectivity index (χ1) is 12.3. The summed E-state index contributed by atoms with van der Waals surface area (Å²) in [5.74, 6) is -1.16. The summed E-state index contributed by atoms with van der Waals surface area (Å²) in [6.45, 7) is 3.36. The monoisotopic (exact) mass is 373 g/mol. The molecule has 0 heterocycles. The van der Waals surface area contributed by atoms with Crippen molar-refractivity contribution in [1.82, 2.24) is 0 Å². The van der Waals surface area contributed by atoms with E-state index in [0.29, 0.717) is 16.3 Å². The van der Waals surface area contributed by atoms with Gasteiger partial charge in [-0.05, 0) is 49.7 Å². The SMILES string of the molecule is Cc1ccc(C)c(C(=O)CCC(=O)OCC(=O)Nc2ccc(Cl)cc2)c1. The van der Waals surface area contributed by atoms with Gasteiger partial charge in [0.1, 0.15) is 0 Å². The minimum absolute atomic E-state index is 0.0436. The summed E-state index contributed by atoms with van der Waals surface area (Å²) >= 11 is 5.76. The van der Waals surface area contributed by atoms with Crippen molar-refractivity contribution in [3.63, 3.8) is 0 Å². The Kier molecular flexibility index (Phi) is 6.92. The molecule has 5 nitrogen and oxygen atoms in total. The fourth-order valence-electron chi connectivity index (χ4n) is 2.34. The third-order valence-corrected chi connectivity index (χ3v) is 3.99. The molecule has 2 aromatic carbocycles. The van der Waals surface area contributed by atoms with E-state index in [1.54, 1.807) is 24.3 Å². The molecule has 2 aromatic rings. The summed E-state index contributed by atoms with van der Waals surface area (Å²) in [6, 6.07) is 12.2. The Bertz CT molecular complexity index is 815. The lowest BCUT2D eigenvalue weighted by atomic mass is 9.99. The van der Waals surface area contributed by atoms with E-state index in [1.165, 1.54) is 0 Å². The minimum Gasteiger partial charge on any atom is -0.456 e. The van der Waals surface area contributed by atoms with Gasteiger partial charge in [-0.15, -0.1) is 0 Å². The zero-order valence-corrected chi connectivity index (χ0v) is 15.4. The van der Waals surface area contributed by atoms with Gasteiger partial charge in [0, 0.05) is 22.7 Å². The number of anilines is 1. The zero-order valence-electron chi connectivity index (χ0n) is 14.7. The van der Waals surface area contributed by atoms with Crippen molar-refractivity contribution in [1.29, 1.82) is 0 Å². The largest absolute Gasteiger partial charge is 0.456 e. The number of benzene rings is 2. The average Bonchev–Trinajstić information content (AvgIpc) is 2.62. The molecule has 26 heavy (non-hydrogen) atoms. The summed E-state index contributed by atoms with van der Waals surface area (Å²) in [6.07, 6.45) is -0.0254. The van der Waals surface area contributed by atoms with E-state index in [1.807, 2.05) is 32.0 Å². The third-order valence-electron chi connectivity index (χ3n) is 3.74. The number of amides is 1. The molecule has 2 rings (SSSR count). The number of carbonyl (C=O) groups excluding carboxylic acids is 3. The smallest absolute Gasteiger partial charge is 0.306 e. The molecule has 0 fully saturated rings. The number of hydrogen-bond acceptors (Lipinski definition) is 4. The van der Waals surface area contributed by atoms with Gasteiger partial charge in [0.25, 0.3) is 5.91 Å². The second kappa shape index (κ2) is 9.15. The van der Waals surface area contributed by atoms with Crippen LogP contribution in [0.5, 0.6) is 0 Å². The van der Waals surface area contributed by atoms with Crippen LogP contribution in [0, 0.1) is 13.8 Å². The molecule has 6 heteroatoms. The quantitative estimate of drug-likeness (QED) is 0.585. The highest BCUT2D eigenvalue weighted by atomic mass is 35.5. The fraction of sp³-hybridized carbons (Fsp3) is 0.250. The number of carbonyl (C=O) groups is 3. The lowest BCUT2D eigenvalue weighted by Gasteiger charge is -2.08. The molecule has 0 spiro atoms. The Morgan fingerprint density at radius 1 is 1.00 bits per heavy atom. The van der Waals surface area contributed by atoms with Gasteiger partial charge in [0.15, 0.2) is 12.4 Å². The number of rotatable bonds is 7. The van der Waals surface area contributed by atoms with Crippen LogP contribution in [0.25, 0.3) is 0 Å². The predicted octanol–water partition coefficient (Wildman–Crippen LogP) is 4.10. The molecule has 0 saturated heterocycles. The van der Waals surface area contributed by atoms with Gasteiger partial charge in [0.2, 0.25) is 0 Å². The van der Waals surface area contributed by atoms with Crippen LogP contribution in [0.2, 0.25) is 5.02 Å². The van der Waals surface area contributed by atoms with Crippen LogP contribution in [-0.2, 0) is 14.3 Å². The molecule has 1 N–H and O–H groups in total. The summed E-state index contributed by atoms with van der Waals surface area (Å²) in [5.41, 5.74) is 3.02. The van der Waals surface area contributed by atoms with E-state index in [9.17, 15) is 14.4 Å². The molecule has 0 bridgehead atoms. The summed E-state index contributed by atoms with van der Waals surface area (Å²) in [7, 11) is 0. The highest BCUT2D eigenvalue weighted by Gasteiger charge is 2.14. The Morgan fingerprint density at radius 2 is 1.69 bits per heavy atom. The molecule has 1 amide bonds. The minimum atomic E-state index is -0.588. The van der Waals surface area contributed by atoms with Crippen molar-refractivity contribution >= 4 is 34.9 Å². The van der Waals surface area contributed by atoms with E-state index in [2.05, 4.69) is 5.32 Å². The van der Waals surface area contributed by atoms with Crippen molar-refractivity contribution in [2.24, 2.45) is 0 Å². The van der Waals surface area contributed by atoms with Crippen LogP contribution >= 0.6 is 11.6 Å². The van der Waals surface area contributed by atoms with Crippen LogP contribution in [0.3, 0.4) is 0 Å². The maximum Gasteiger partial charge on any atom is 0.306 e. The third kappa shape index (κ3) is 6.01. The van der Waals surface area contributed by atoms with Gasteiger partial charge in [-0.1, -0.05) is 29.3 Å². The molecule has 0 aliphatic rings. The van der Waals surface area contributed by atoms with Gasteiger partial charge < -0.3 is 10.1 Å². The van der Waals surface area contributed by atoms with Crippen LogP contribution < -0.4 is 5.32 Å². The van der Waals surface area contributed by atoms with E-state index in [-0.39, 0.29) is 18.6 Å². The number of esters is 1. The van der Waals surface area contributed by atoms with E-state index in [0.717, 1.165) is 11.1 Å². The molecular formula is C20H20ClNO4. The first kappa shape index (κ1) is 19.7. The Hall–Kier alpha value is -2.66. The maximum absolute atomic E-state index is 12.2. The Labute approximate surface area is 157 Å². The number of ketones is 1. The predicted molar refractivity (Wildman–Crippen MR) is 101 cm³/mol. The van der Waals surface area contributed by atoms with Gasteiger partial charge in [0.05, 0.1) is 6.42 Å². The number of Topliss-reactive ketones (excluding diaryl/α,β-unsaturated/α-hetero) is 1. The van der Waals surface area contributed by atoms with Crippen molar-refractivity contribution < 1.29 is 19.1 Å². The molecule has 0 unspecified atom stereocenters. The Morgan fingerprint density at radius 3 is 2.38 bits per heavy atom. The number of ether oxygens (including phenoxy) is 1. The second-order valence-electron chi connectivity index (χ2n) is 5.96. The van der Waals surface area contributed by atoms with Gasteiger partial charge >= 0.3 is 5.97 Å². The molecule has 0 radical (unpaired) electrons. The standard InChI is InChI=1S/C20H20ClNO4/c1-13-3-4-14(2)17(11-13)18(23)9-10-20(25)26-12-19(24)22-16-7-5-15(21)6-8-16/h3-8,11H,9-10,12H2,1-2H3,(H,22,24). The van der Waals surface area contributed by atoms with Gasteiger partial charge in [-0.2, -0.15) is 0 Å². The van der Waals surface area contributed by atoms with Gasteiger partial charge in [-0.3, -0.25) is 14.4 Å². The van der Waals surface area contributed by atoms with Gasteiger partial charge in [-0.25, -0.2) is 0 Å².